The van der Waals surface area contributed by atoms with Gasteiger partial charge in [-0.25, -0.2) is 9.97 Å². The molecule has 2 heterocycles. The number of fused-ring (bicyclic) bond motifs is 3. The van der Waals surface area contributed by atoms with Gasteiger partial charge in [0.1, 0.15) is 10.6 Å². The maximum absolute atomic E-state index is 11.5. The Labute approximate surface area is 149 Å². The Kier molecular flexibility index (Phi) is 5.91. The number of aromatic nitrogens is 2. The maximum Gasteiger partial charge on any atom is 0.220 e. The van der Waals surface area contributed by atoms with Crippen LogP contribution in [0, 0.1) is 0 Å². The number of aliphatic hydroxyl groups excluding tert-OH is 1. The second-order valence-corrected chi connectivity index (χ2v) is 7.95. The van der Waals surface area contributed by atoms with Crippen LogP contribution in [0.1, 0.15) is 36.1 Å². The van der Waals surface area contributed by atoms with Gasteiger partial charge in [-0.05, 0) is 37.7 Å². The molecule has 1 amide bonds. The molecule has 4 N–H and O–H groups in total. The molecule has 2 aromatic rings. The van der Waals surface area contributed by atoms with Crippen LogP contribution in [0.3, 0.4) is 0 Å². The SMILES string of the molecule is Nc1nc(SCCCC(=O)NCCO)nc2sc3c(c12)CCCC3. The van der Waals surface area contributed by atoms with Crippen LogP contribution in [-0.4, -0.2) is 39.9 Å². The van der Waals surface area contributed by atoms with Gasteiger partial charge < -0.3 is 16.2 Å². The monoisotopic (exact) mass is 366 g/mol. The first-order chi connectivity index (χ1) is 11.7. The molecule has 24 heavy (non-hydrogen) atoms. The second kappa shape index (κ2) is 8.13. The van der Waals surface area contributed by atoms with Gasteiger partial charge >= 0.3 is 0 Å². The average molecular weight is 367 g/mol. The summed E-state index contributed by atoms with van der Waals surface area (Å²) in [6.45, 7) is 0.281. The molecule has 1 aliphatic carbocycles. The molecule has 0 bridgehead atoms. The van der Waals surface area contributed by atoms with Gasteiger partial charge in [0.2, 0.25) is 5.91 Å². The molecule has 0 aromatic carbocycles. The predicted octanol–water partition coefficient (Wildman–Crippen LogP) is 2.13. The Morgan fingerprint density at radius 1 is 1.33 bits per heavy atom. The summed E-state index contributed by atoms with van der Waals surface area (Å²) >= 11 is 3.29. The summed E-state index contributed by atoms with van der Waals surface area (Å²) in [6.07, 6.45) is 5.85. The number of nitrogens with one attached hydrogen (secondary N) is 1. The molecule has 0 fully saturated rings. The first-order valence-electron chi connectivity index (χ1n) is 8.27. The van der Waals surface area contributed by atoms with Crippen LogP contribution in [0.15, 0.2) is 5.16 Å². The van der Waals surface area contributed by atoms with E-state index in [2.05, 4.69) is 15.3 Å². The second-order valence-electron chi connectivity index (χ2n) is 5.81. The highest BCUT2D eigenvalue weighted by Crippen LogP contribution is 2.38. The van der Waals surface area contributed by atoms with Gasteiger partial charge in [-0.2, -0.15) is 0 Å². The lowest BCUT2D eigenvalue weighted by Gasteiger charge is -2.10. The topological polar surface area (TPSA) is 101 Å². The zero-order chi connectivity index (χ0) is 16.9. The minimum atomic E-state index is -0.0357. The molecule has 0 aliphatic heterocycles. The molecular weight excluding hydrogens is 344 g/mol. The number of anilines is 1. The molecule has 8 heteroatoms. The van der Waals surface area contributed by atoms with Crippen molar-refractivity contribution in [3.63, 3.8) is 0 Å². The van der Waals surface area contributed by atoms with Crippen molar-refractivity contribution in [1.29, 1.82) is 0 Å². The third-order valence-electron chi connectivity index (χ3n) is 4.04. The fourth-order valence-corrected chi connectivity index (χ4v) is 5.03. The van der Waals surface area contributed by atoms with Crippen LogP contribution < -0.4 is 11.1 Å². The number of thioether (sulfide) groups is 1. The summed E-state index contributed by atoms with van der Waals surface area (Å²) in [4.78, 5) is 23.0. The van der Waals surface area contributed by atoms with Crippen molar-refractivity contribution in [1.82, 2.24) is 15.3 Å². The molecule has 6 nitrogen and oxygen atoms in total. The summed E-state index contributed by atoms with van der Waals surface area (Å²) in [5.41, 5.74) is 7.54. The third kappa shape index (κ3) is 3.99. The molecular formula is C16H22N4O2S2. The van der Waals surface area contributed by atoms with E-state index in [0.29, 0.717) is 23.9 Å². The van der Waals surface area contributed by atoms with Gasteiger partial charge in [0.15, 0.2) is 5.16 Å². The van der Waals surface area contributed by atoms with E-state index in [0.717, 1.165) is 35.2 Å². The van der Waals surface area contributed by atoms with Crippen molar-refractivity contribution in [3.8, 4) is 0 Å². The van der Waals surface area contributed by atoms with Crippen LogP contribution in [0.5, 0.6) is 0 Å². The minimum Gasteiger partial charge on any atom is -0.395 e. The Morgan fingerprint density at radius 2 is 2.17 bits per heavy atom. The van der Waals surface area contributed by atoms with Crippen LogP contribution in [0.2, 0.25) is 0 Å². The first kappa shape index (κ1) is 17.4. The summed E-state index contributed by atoms with van der Waals surface area (Å²) in [5.74, 6) is 1.32. The average Bonchev–Trinajstić information content (AvgIpc) is 2.95. The molecule has 0 unspecified atom stereocenters. The molecule has 2 aromatic heterocycles. The van der Waals surface area contributed by atoms with E-state index in [1.807, 2.05) is 0 Å². The molecule has 0 spiro atoms. The van der Waals surface area contributed by atoms with E-state index >= 15 is 0 Å². The molecule has 0 radical (unpaired) electrons. The van der Waals surface area contributed by atoms with Crippen LogP contribution >= 0.6 is 23.1 Å². The van der Waals surface area contributed by atoms with Crippen LogP contribution in [0.4, 0.5) is 5.82 Å². The lowest BCUT2D eigenvalue weighted by Crippen LogP contribution is -2.26. The van der Waals surface area contributed by atoms with Gasteiger partial charge in [0, 0.05) is 23.6 Å². The number of hydrogen-bond donors (Lipinski definition) is 3. The number of carbonyl (C=O) groups is 1. The minimum absolute atomic E-state index is 0.0294. The number of nitrogens with zero attached hydrogens (tertiary/aromatic N) is 2. The molecule has 3 rings (SSSR count). The summed E-state index contributed by atoms with van der Waals surface area (Å²) in [7, 11) is 0. The number of nitrogens with two attached hydrogens (primary N) is 1. The lowest BCUT2D eigenvalue weighted by atomic mass is 9.97. The number of hydrogen-bond acceptors (Lipinski definition) is 7. The number of rotatable bonds is 7. The number of aryl methyl sites for hydroxylation is 2. The smallest absolute Gasteiger partial charge is 0.220 e. The number of amides is 1. The van der Waals surface area contributed by atoms with E-state index in [4.69, 9.17) is 10.8 Å². The Bertz CT molecular complexity index is 732. The van der Waals surface area contributed by atoms with Gasteiger partial charge in [-0.1, -0.05) is 11.8 Å². The number of nitrogen functional groups attached to an aromatic ring is 1. The number of aliphatic hydroxyl groups is 1. The lowest BCUT2D eigenvalue weighted by molar-refractivity contribution is -0.121. The third-order valence-corrected chi connectivity index (χ3v) is 6.15. The fraction of sp³-hybridized carbons (Fsp3) is 0.562. The highest BCUT2D eigenvalue weighted by atomic mass is 32.2. The standard InChI is InChI=1S/C16H22N4O2S2/c17-14-13-10-4-1-2-5-11(10)24-15(13)20-16(19-14)23-9-3-6-12(22)18-7-8-21/h21H,1-9H2,(H,18,22)(H2,17,19,20). The van der Waals surface area contributed by atoms with Crippen molar-refractivity contribution in [2.45, 2.75) is 43.7 Å². The van der Waals surface area contributed by atoms with Crippen molar-refractivity contribution >= 4 is 45.0 Å². The molecule has 0 atom stereocenters. The first-order valence-corrected chi connectivity index (χ1v) is 10.1. The van der Waals surface area contributed by atoms with Gasteiger partial charge in [-0.3, -0.25) is 4.79 Å². The summed E-state index contributed by atoms with van der Waals surface area (Å²) in [5, 5.41) is 13.1. The van der Waals surface area contributed by atoms with Gasteiger partial charge in [0.05, 0.1) is 12.0 Å². The highest BCUT2D eigenvalue weighted by molar-refractivity contribution is 7.99. The van der Waals surface area contributed by atoms with Crippen molar-refractivity contribution in [3.05, 3.63) is 10.4 Å². The Morgan fingerprint density at radius 3 is 3.00 bits per heavy atom. The Balaban J connectivity index is 1.61. The zero-order valence-corrected chi connectivity index (χ0v) is 15.1. The van der Waals surface area contributed by atoms with Gasteiger partial charge in [0.25, 0.3) is 0 Å². The van der Waals surface area contributed by atoms with E-state index < -0.39 is 0 Å². The van der Waals surface area contributed by atoms with E-state index in [9.17, 15) is 4.79 Å². The maximum atomic E-state index is 11.5. The fourth-order valence-electron chi connectivity index (χ4n) is 2.91. The molecule has 130 valence electrons. The summed E-state index contributed by atoms with van der Waals surface area (Å²) in [6, 6.07) is 0. The highest BCUT2D eigenvalue weighted by Gasteiger charge is 2.20. The summed E-state index contributed by atoms with van der Waals surface area (Å²) < 4.78 is 0. The zero-order valence-electron chi connectivity index (χ0n) is 13.5. The largest absolute Gasteiger partial charge is 0.395 e. The van der Waals surface area contributed by atoms with E-state index in [1.54, 1.807) is 11.3 Å². The van der Waals surface area contributed by atoms with Gasteiger partial charge in [-0.15, -0.1) is 11.3 Å². The quantitative estimate of drug-likeness (QED) is 0.394. The Hall–Kier alpha value is -1.38. The van der Waals surface area contributed by atoms with Crippen LogP contribution in [-0.2, 0) is 17.6 Å². The molecule has 0 saturated carbocycles. The van der Waals surface area contributed by atoms with Crippen molar-refractivity contribution in [2.75, 3.05) is 24.6 Å². The van der Waals surface area contributed by atoms with E-state index in [1.165, 1.54) is 35.0 Å². The molecule has 0 saturated heterocycles. The van der Waals surface area contributed by atoms with Crippen LogP contribution in [0.25, 0.3) is 10.2 Å². The number of thiophene rings is 1. The normalized spacial score (nSPS) is 13.9. The predicted molar refractivity (Wildman–Crippen MR) is 98.5 cm³/mol. The van der Waals surface area contributed by atoms with E-state index in [-0.39, 0.29) is 12.5 Å². The van der Waals surface area contributed by atoms with Crippen molar-refractivity contribution in [2.24, 2.45) is 0 Å². The van der Waals surface area contributed by atoms with Crippen molar-refractivity contribution < 1.29 is 9.90 Å². The number of carbonyl (C=O) groups excluding carboxylic acids is 1. The molecule has 1 aliphatic rings.